The minimum absolute atomic E-state index is 0.550. The molecule has 0 aromatic heterocycles. The summed E-state index contributed by atoms with van der Waals surface area (Å²) in [5.74, 6) is 0.972. The molecule has 0 N–H and O–H groups in total. The van der Waals surface area contributed by atoms with Crippen molar-refractivity contribution in [3.05, 3.63) is 66.2 Å². The van der Waals surface area contributed by atoms with Crippen LogP contribution in [0.15, 0.2) is 60.7 Å². The Morgan fingerprint density at radius 2 is 1.65 bits per heavy atom. The molecule has 1 saturated carbocycles. The van der Waals surface area contributed by atoms with Crippen molar-refractivity contribution in [1.29, 1.82) is 0 Å². The zero-order valence-electron chi connectivity index (χ0n) is 13.8. The van der Waals surface area contributed by atoms with E-state index in [0.29, 0.717) is 21.0 Å². The molecular formula is C21H25NSe. The molecule has 4 atom stereocenters. The summed E-state index contributed by atoms with van der Waals surface area (Å²) < 4.78 is 1.57. The van der Waals surface area contributed by atoms with E-state index in [-0.39, 0.29) is 0 Å². The Kier molecular flexibility index (Phi) is 4.57. The quantitative estimate of drug-likeness (QED) is 0.734. The van der Waals surface area contributed by atoms with Gasteiger partial charge in [0.15, 0.2) is 0 Å². The fourth-order valence-electron chi connectivity index (χ4n) is 4.34. The zero-order chi connectivity index (χ0) is 15.6. The van der Waals surface area contributed by atoms with Crippen LogP contribution in [0, 0.1) is 5.92 Å². The molecule has 2 heteroatoms. The molecule has 2 aromatic rings. The Labute approximate surface area is 146 Å². The van der Waals surface area contributed by atoms with E-state index in [2.05, 4.69) is 72.5 Å². The van der Waals surface area contributed by atoms with Crippen molar-refractivity contribution in [3.63, 3.8) is 0 Å². The molecule has 0 spiro atoms. The molecule has 4 rings (SSSR count). The number of hydrogen-bond donors (Lipinski definition) is 0. The van der Waals surface area contributed by atoms with Crippen LogP contribution in [0.4, 0.5) is 0 Å². The molecule has 2 aliphatic rings. The molecule has 1 heterocycles. The molecule has 1 aliphatic heterocycles. The van der Waals surface area contributed by atoms with E-state index in [9.17, 15) is 0 Å². The van der Waals surface area contributed by atoms with Gasteiger partial charge in [0.05, 0.1) is 0 Å². The number of fused-ring (bicyclic) bond motifs is 2. The Hall–Kier alpha value is -1.08. The first-order chi connectivity index (χ1) is 11.3. The third-order valence-electron chi connectivity index (χ3n) is 5.64. The summed E-state index contributed by atoms with van der Waals surface area (Å²) in [6.45, 7) is 3.70. The number of hydrogen-bond acceptors (Lipinski definition) is 1. The molecule has 1 saturated heterocycles. The van der Waals surface area contributed by atoms with E-state index in [1.165, 1.54) is 31.4 Å². The number of nitrogens with zero attached hydrogens (tertiary/aromatic N) is 1. The number of rotatable bonds is 4. The minimum atomic E-state index is 0.550. The van der Waals surface area contributed by atoms with Gasteiger partial charge in [-0.25, -0.2) is 0 Å². The van der Waals surface area contributed by atoms with Crippen molar-refractivity contribution in [2.75, 3.05) is 6.54 Å². The number of benzene rings is 2. The van der Waals surface area contributed by atoms with Crippen molar-refractivity contribution >= 4 is 19.4 Å². The zero-order valence-corrected chi connectivity index (χ0v) is 15.5. The first-order valence-corrected chi connectivity index (χ1v) is 10.7. The second kappa shape index (κ2) is 6.81. The topological polar surface area (TPSA) is 3.24 Å². The summed E-state index contributed by atoms with van der Waals surface area (Å²) in [7, 11) is 0. The molecule has 0 radical (unpaired) electrons. The van der Waals surface area contributed by atoms with Crippen molar-refractivity contribution < 1.29 is 0 Å². The Morgan fingerprint density at radius 1 is 0.957 bits per heavy atom. The Balaban J connectivity index is 1.52. The monoisotopic (exact) mass is 371 g/mol. The van der Waals surface area contributed by atoms with Crippen LogP contribution in [0.1, 0.15) is 37.8 Å². The second-order valence-corrected chi connectivity index (χ2v) is 9.73. The maximum absolute atomic E-state index is 2.81. The molecule has 2 aromatic carbocycles. The fourth-order valence-corrected chi connectivity index (χ4v) is 7.17. The molecule has 2 fully saturated rings. The van der Waals surface area contributed by atoms with Crippen LogP contribution >= 0.6 is 0 Å². The van der Waals surface area contributed by atoms with Crippen LogP contribution in [0.5, 0.6) is 0 Å². The van der Waals surface area contributed by atoms with Gasteiger partial charge in [-0.2, -0.15) is 0 Å². The van der Waals surface area contributed by atoms with Crippen LogP contribution in [-0.2, 0) is 0 Å². The number of piperidine rings is 1. The molecule has 1 nitrogen and oxygen atoms in total. The average Bonchev–Trinajstić information content (AvgIpc) is 3.03. The van der Waals surface area contributed by atoms with E-state index in [4.69, 9.17) is 0 Å². The normalized spacial score (nSPS) is 28.7. The summed E-state index contributed by atoms with van der Waals surface area (Å²) in [5.41, 5.74) is 1.48. The van der Waals surface area contributed by atoms with Crippen LogP contribution in [0.2, 0.25) is 4.82 Å². The maximum atomic E-state index is 2.81. The summed E-state index contributed by atoms with van der Waals surface area (Å²) in [6, 6.07) is 23.6. The Morgan fingerprint density at radius 3 is 2.39 bits per heavy atom. The standard InChI is InChI=1S/C21H25NSe/c1-16(17-8-4-2-5-9-17)22-15-21(18-12-13-19(22)14-18)23-20-10-6-3-7-11-20/h2-11,16,18-19,21H,12-15H2,1H3/t16-,18+,19-,21+/m0/s1. The van der Waals surface area contributed by atoms with Crippen LogP contribution < -0.4 is 4.46 Å². The van der Waals surface area contributed by atoms with Crippen LogP contribution in [0.3, 0.4) is 0 Å². The summed E-state index contributed by atoms with van der Waals surface area (Å²) in [5, 5.41) is 0. The van der Waals surface area contributed by atoms with Gasteiger partial charge in [-0.3, -0.25) is 0 Å². The third-order valence-corrected chi connectivity index (χ3v) is 8.54. The predicted molar refractivity (Wildman–Crippen MR) is 98.3 cm³/mol. The molecule has 23 heavy (non-hydrogen) atoms. The van der Waals surface area contributed by atoms with Crippen molar-refractivity contribution in [2.24, 2.45) is 5.92 Å². The van der Waals surface area contributed by atoms with Crippen molar-refractivity contribution in [1.82, 2.24) is 4.90 Å². The van der Waals surface area contributed by atoms with Gasteiger partial charge in [0, 0.05) is 0 Å². The summed E-state index contributed by atoms with van der Waals surface area (Å²) in [4.78, 5) is 3.70. The number of likely N-dealkylation sites (tertiary alicyclic amines) is 1. The SMILES string of the molecule is C[C@@H](c1ccccc1)N1C[C@@H]([Se]c2ccccc2)[C@@H]2CC[C@H]1C2. The van der Waals surface area contributed by atoms with Gasteiger partial charge in [-0.1, -0.05) is 0 Å². The summed E-state index contributed by atoms with van der Waals surface area (Å²) in [6.07, 6.45) is 4.28. The van der Waals surface area contributed by atoms with Gasteiger partial charge in [-0.05, 0) is 0 Å². The van der Waals surface area contributed by atoms with E-state index >= 15 is 0 Å². The van der Waals surface area contributed by atoms with Gasteiger partial charge in [0.2, 0.25) is 0 Å². The molecule has 1 aliphatic carbocycles. The van der Waals surface area contributed by atoms with Gasteiger partial charge >= 0.3 is 146 Å². The third kappa shape index (κ3) is 3.26. The van der Waals surface area contributed by atoms with Gasteiger partial charge < -0.3 is 0 Å². The summed E-state index contributed by atoms with van der Waals surface area (Å²) >= 11 is 0.607. The van der Waals surface area contributed by atoms with Crippen molar-refractivity contribution in [3.8, 4) is 0 Å². The molecule has 2 bridgehead atoms. The second-order valence-electron chi connectivity index (χ2n) is 6.98. The first kappa shape index (κ1) is 15.4. The first-order valence-electron chi connectivity index (χ1n) is 8.83. The van der Waals surface area contributed by atoms with Crippen LogP contribution in [0.25, 0.3) is 0 Å². The Bertz CT molecular complexity index is 627. The predicted octanol–water partition coefficient (Wildman–Crippen LogP) is 4.05. The van der Waals surface area contributed by atoms with E-state index in [1.54, 1.807) is 4.46 Å². The fraction of sp³-hybridized carbons (Fsp3) is 0.429. The van der Waals surface area contributed by atoms with Crippen LogP contribution in [-0.4, -0.2) is 32.4 Å². The van der Waals surface area contributed by atoms with E-state index < -0.39 is 0 Å². The molecular weight excluding hydrogens is 345 g/mol. The average molecular weight is 370 g/mol. The molecule has 0 unspecified atom stereocenters. The van der Waals surface area contributed by atoms with Gasteiger partial charge in [0.1, 0.15) is 0 Å². The van der Waals surface area contributed by atoms with E-state index in [0.717, 1.165) is 16.8 Å². The molecule has 120 valence electrons. The molecule has 0 amide bonds. The van der Waals surface area contributed by atoms with E-state index in [1.807, 2.05) is 0 Å². The van der Waals surface area contributed by atoms with Gasteiger partial charge in [0.25, 0.3) is 0 Å². The van der Waals surface area contributed by atoms with Crippen molar-refractivity contribution in [2.45, 2.75) is 43.1 Å². The van der Waals surface area contributed by atoms with Gasteiger partial charge in [-0.15, -0.1) is 0 Å².